The fourth-order valence-electron chi connectivity index (χ4n) is 4.05. The molecule has 1 aromatic heterocycles. The summed E-state index contributed by atoms with van der Waals surface area (Å²) in [5.74, 6) is 1.27. The van der Waals surface area contributed by atoms with Gasteiger partial charge in [0.1, 0.15) is 5.82 Å². The van der Waals surface area contributed by atoms with Crippen LogP contribution < -0.4 is 5.32 Å². The van der Waals surface area contributed by atoms with Crippen molar-refractivity contribution in [3.8, 4) is 5.69 Å². The fourth-order valence-corrected chi connectivity index (χ4v) is 4.92. The number of hydrogen-bond donors (Lipinski definition) is 1. The minimum atomic E-state index is -0.367. The Hall–Kier alpha value is -2.93. The van der Waals surface area contributed by atoms with Crippen molar-refractivity contribution in [3.63, 3.8) is 0 Å². The Morgan fingerprint density at radius 3 is 2.34 bits per heavy atom. The molecule has 0 spiro atoms. The molecule has 1 heterocycles. The van der Waals surface area contributed by atoms with Gasteiger partial charge in [-0.25, -0.2) is 0 Å². The molecule has 0 unspecified atom stereocenters. The number of para-hydroxylation sites is 1. The molecule has 32 heavy (non-hydrogen) atoms. The van der Waals surface area contributed by atoms with E-state index in [4.69, 9.17) is 0 Å². The monoisotopic (exact) mass is 448 g/mol. The maximum atomic E-state index is 12.8. The third-order valence-electron chi connectivity index (χ3n) is 5.85. The van der Waals surface area contributed by atoms with E-state index >= 15 is 0 Å². The van der Waals surface area contributed by atoms with E-state index in [1.54, 1.807) is 24.3 Å². The molecule has 166 valence electrons. The van der Waals surface area contributed by atoms with E-state index in [2.05, 4.69) is 32.2 Å². The van der Waals surface area contributed by atoms with Crippen LogP contribution in [0, 0.1) is 0 Å². The number of nitrogens with zero attached hydrogens (tertiary/aromatic N) is 3. The van der Waals surface area contributed by atoms with E-state index in [1.807, 2.05) is 25.1 Å². The van der Waals surface area contributed by atoms with Gasteiger partial charge in [-0.2, -0.15) is 0 Å². The summed E-state index contributed by atoms with van der Waals surface area (Å²) in [6.07, 6.45) is 5.97. The second-order valence-corrected chi connectivity index (χ2v) is 9.54. The van der Waals surface area contributed by atoms with Gasteiger partial charge in [-0.05, 0) is 63.1 Å². The summed E-state index contributed by atoms with van der Waals surface area (Å²) >= 11 is 1.41. The van der Waals surface area contributed by atoms with E-state index in [0.717, 1.165) is 29.5 Å². The van der Waals surface area contributed by atoms with Gasteiger partial charge in [0.15, 0.2) is 10.9 Å². The van der Waals surface area contributed by atoms with Crippen LogP contribution in [0.15, 0.2) is 59.8 Å². The summed E-state index contributed by atoms with van der Waals surface area (Å²) in [4.78, 5) is 24.3. The summed E-state index contributed by atoms with van der Waals surface area (Å²) in [7, 11) is 0. The molecular weight excluding hydrogens is 420 g/mol. The van der Waals surface area contributed by atoms with Gasteiger partial charge < -0.3 is 5.32 Å². The Bertz CT molecular complexity index is 1070. The van der Waals surface area contributed by atoms with Crippen LogP contribution >= 0.6 is 11.8 Å². The van der Waals surface area contributed by atoms with Gasteiger partial charge in [0, 0.05) is 22.9 Å². The molecule has 3 aromatic rings. The lowest BCUT2D eigenvalue weighted by molar-refractivity contribution is -0.115. The largest absolute Gasteiger partial charge is 0.325 e. The van der Waals surface area contributed by atoms with Crippen LogP contribution in [0.4, 0.5) is 5.69 Å². The number of carbonyl (C=O) groups excluding carboxylic acids is 2. The lowest BCUT2D eigenvalue weighted by atomic mass is 9.88. The van der Waals surface area contributed by atoms with Gasteiger partial charge >= 0.3 is 0 Å². The highest BCUT2D eigenvalue weighted by atomic mass is 32.2. The van der Waals surface area contributed by atoms with Gasteiger partial charge in [-0.15, -0.1) is 10.2 Å². The van der Waals surface area contributed by atoms with Crippen LogP contribution in [-0.2, 0) is 4.79 Å². The van der Waals surface area contributed by atoms with Gasteiger partial charge in [0.05, 0.1) is 5.25 Å². The van der Waals surface area contributed by atoms with Crippen LogP contribution in [0.1, 0.15) is 68.1 Å². The molecular formula is C25H28N4O2S. The number of amides is 1. The Labute approximate surface area is 192 Å². The predicted octanol–water partition coefficient (Wildman–Crippen LogP) is 5.64. The number of aromatic nitrogens is 3. The van der Waals surface area contributed by atoms with E-state index in [9.17, 15) is 9.59 Å². The quantitative estimate of drug-likeness (QED) is 0.374. The first-order valence-electron chi connectivity index (χ1n) is 11.1. The number of rotatable bonds is 7. The van der Waals surface area contributed by atoms with Gasteiger partial charge in [-0.1, -0.05) is 49.2 Å². The van der Waals surface area contributed by atoms with Crippen molar-refractivity contribution in [2.75, 3.05) is 5.32 Å². The minimum absolute atomic E-state index is 0.000758. The lowest BCUT2D eigenvalue weighted by Gasteiger charge is -2.22. The number of ketones is 1. The van der Waals surface area contributed by atoms with E-state index in [0.29, 0.717) is 17.2 Å². The summed E-state index contributed by atoms with van der Waals surface area (Å²) in [5.41, 5.74) is 2.31. The maximum Gasteiger partial charge on any atom is 0.237 e. The molecule has 0 saturated heterocycles. The van der Waals surface area contributed by atoms with Crippen LogP contribution in [-0.4, -0.2) is 31.7 Å². The number of carbonyl (C=O) groups is 2. The molecule has 1 atom stereocenters. The van der Waals surface area contributed by atoms with Gasteiger partial charge in [0.2, 0.25) is 5.91 Å². The molecule has 1 aliphatic rings. The molecule has 1 aliphatic carbocycles. The van der Waals surface area contributed by atoms with Crippen molar-refractivity contribution in [2.45, 2.75) is 62.3 Å². The normalized spacial score (nSPS) is 15.3. The zero-order chi connectivity index (χ0) is 22.5. The lowest BCUT2D eigenvalue weighted by Crippen LogP contribution is -2.23. The summed E-state index contributed by atoms with van der Waals surface area (Å²) in [5, 5.41) is 12.3. The molecule has 6 nitrogen and oxygen atoms in total. The molecule has 7 heteroatoms. The number of Topliss-reactive ketones (excluding diaryl/α,β-unsaturated/α-hetero) is 1. The summed E-state index contributed by atoms with van der Waals surface area (Å²) in [6, 6.07) is 17.1. The zero-order valence-electron chi connectivity index (χ0n) is 18.5. The third-order valence-corrected chi connectivity index (χ3v) is 6.90. The Kier molecular flexibility index (Phi) is 7.05. The van der Waals surface area contributed by atoms with Crippen molar-refractivity contribution in [1.82, 2.24) is 14.8 Å². The van der Waals surface area contributed by atoms with E-state index < -0.39 is 0 Å². The third kappa shape index (κ3) is 5.10. The Balaban J connectivity index is 1.53. The van der Waals surface area contributed by atoms with E-state index in [1.165, 1.54) is 37.9 Å². The molecule has 1 amide bonds. The van der Waals surface area contributed by atoms with Crippen LogP contribution in [0.5, 0.6) is 0 Å². The second kappa shape index (κ2) is 10.1. The van der Waals surface area contributed by atoms with Gasteiger partial charge in [0.25, 0.3) is 0 Å². The molecule has 1 saturated carbocycles. The topological polar surface area (TPSA) is 76.9 Å². The molecule has 0 bridgehead atoms. The van der Waals surface area contributed by atoms with Crippen molar-refractivity contribution >= 4 is 29.1 Å². The summed E-state index contributed by atoms with van der Waals surface area (Å²) < 4.78 is 2.12. The first-order valence-corrected chi connectivity index (χ1v) is 12.0. The molecule has 4 rings (SSSR count). The highest BCUT2D eigenvalue weighted by Gasteiger charge is 2.26. The van der Waals surface area contributed by atoms with Crippen LogP contribution in [0.3, 0.4) is 0 Å². The highest BCUT2D eigenvalue weighted by molar-refractivity contribution is 8.00. The molecule has 0 aliphatic heterocycles. The standard InChI is InChI=1S/C25H28N4O2S/c1-17(30)19-13-15-21(16-14-19)26-24(31)18(2)32-25-28-27-23(20-9-5-3-6-10-20)29(25)22-11-7-4-8-12-22/h4,7-8,11-16,18,20H,3,5-6,9-10H2,1-2H3,(H,26,31)/t18-/m1/s1. The minimum Gasteiger partial charge on any atom is -0.325 e. The zero-order valence-corrected chi connectivity index (χ0v) is 19.3. The Morgan fingerprint density at radius 2 is 1.69 bits per heavy atom. The first-order chi connectivity index (χ1) is 15.5. The van der Waals surface area contributed by atoms with Gasteiger partial charge in [-0.3, -0.25) is 14.2 Å². The average molecular weight is 449 g/mol. The molecule has 1 N–H and O–H groups in total. The highest BCUT2D eigenvalue weighted by Crippen LogP contribution is 2.35. The molecule has 1 fully saturated rings. The van der Waals surface area contributed by atoms with Crippen molar-refractivity contribution in [3.05, 3.63) is 66.0 Å². The number of thioether (sulfide) groups is 1. The van der Waals surface area contributed by atoms with Crippen molar-refractivity contribution in [1.29, 1.82) is 0 Å². The fraction of sp³-hybridized carbons (Fsp3) is 0.360. The van der Waals surface area contributed by atoms with E-state index in [-0.39, 0.29) is 16.9 Å². The number of nitrogens with one attached hydrogen (secondary N) is 1. The maximum absolute atomic E-state index is 12.8. The molecule has 0 radical (unpaired) electrons. The van der Waals surface area contributed by atoms with Crippen molar-refractivity contribution < 1.29 is 9.59 Å². The van der Waals surface area contributed by atoms with Crippen molar-refractivity contribution in [2.24, 2.45) is 0 Å². The SMILES string of the molecule is CC(=O)c1ccc(NC(=O)[C@@H](C)Sc2nnc(C3CCCCC3)n2-c2ccccc2)cc1. The number of benzene rings is 2. The van der Waals surface area contributed by atoms with Crippen LogP contribution in [0.2, 0.25) is 0 Å². The van der Waals surface area contributed by atoms with Crippen LogP contribution in [0.25, 0.3) is 5.69 Å². The predicted molar refractivity (Wildman–Crippen MR) is 128 cm³/mol. The molecule has 2 aromatic carbocycles. The number of hydrogen-bond acceptors (Lipinski definition) is 5. The second-order valence-electron chi connectivity index (χ2n) is 8.23. The Morgan fingerprint density at radius 1 is 1.00 bits per heavy atom. The number of anilines is 1. The average Bonchev–Trinajstić information content (AvgIpc) is 3.24. The smallest absolute Gasteiger partial charge is 0.237 e. The first kappa shape index (κ1) is 22.3. The summed E-state index contributed by atoms with van der Waals surface area (Å²) in [6.45, 7) is 3.39.